The van der Waals surface area contributed by atoms with Gasteiger partial charge in [-0.3, -0.25) is 9.59 Å². The molecule has 1 amide bonds. The molecular formula is C22H22N6O2. The Morgan fingerprint density at radius 1 is 1.10 bits per heavy atom. The lowest BCUT2D eigenvalue weighted by molar-refractivity contribution is 0.0682. The van der Waals surface area contributed by atoms with Gasteiger partial charge in [-0.25, -0.2) is 9.36 Å². The van der Waals surface area contributed by atoms with Gasteiger partial charge in [0, 0.05) is 55.2 Å². The number of carbonyl (C=O) groups excluding carboxylic acids is 1. The van der Waals surface area contributed by atoms with Gasteiger partial charge in [-0.1, -0.05) is 18.2 Å². The summed E-state index contributed by atoms with van der Waals surface area (Å²) in [5, 5.41) is 9.58. The molecule has 1 fully saturated rings. The van der Waals surface area contributed by atoms with Gasteiger partial charge < -0.3 is 9.88 Å². The van der Waals surface area contributed by atoms with E-state index in [0.717, 1.165) is 23.7 Å². The molecule has 152 valence electrons. The number of aromatic nitrogens is 5. The SMILES string of the molecule is O=C(c1c[nH]c2ccccc12)N1CCC(Cn2nc(-n3cccn3)ccc2=O)CC1. The zero-order valence-corrected chi connectivity index (χ0v) is 16.4. The van der Waals surface area contributed by atoms with Gasteiger partial charge in [-0.15, -0.1) is 5.10 Å². The summed E-state index contributed by atoms with van der Waals surface area (Å²) in [6.07, 6.45) is 6.95. The molecule has 1 aromatic carbocycles. The normalized spacial score (nSPS) is 15.0. The molecule has 1 saturated heterocycles. The van der Waals surface area contributed by atoms with Gasteiger partial charge >= 0.3 is 0 Å². The maximum atomic E-state index is 13.0. The largest absolute Gasteiger partial charge is 0.360 e. The van der Waals surface area contributed by atoms with Crippen molar-refractivity contribution in [2.24, 2.45) is 5.92 Å². The number of para-hydroxylation sites is 1. The molecular weight excluding hydrogens is 380 g/mol. The van der Waals surface area contributed by atoms with Crippen molar-refractivity contribution in [3.63, 3.8) is 0 Å². The second-order valence-electron chi connectivity index (χ2n) is 7.65. The molecule has 30 heavy (non-hydrogen) atoms. The van der Waals surface area contributed by atoms with Gasteiger partial charge in [0.1, 0.15) is 0 Å². The van der Waals surface area contributed by atoms with Gasteiger partial charge in [0.05, 0.1) is 5.56 Å². The van der Waals surface area contributed by atoms with Gasteiger partial charge in [-0.2, -0.15) is 5.10 Å². The highest BCUT2D eigenvalue weighted by molar-refractivity contribution is 6.06. The molecule has 1 aliphatic heterocycles. The number of nitrogens with zero attached hydrogens (tertiary/aromatic N) is 5. The smallest absolute Gasteiger partial charge is 0.266 e. The summed E-state index contributed by atoms with van der Waals surface area (Å²) in [5.41, 5.74) is 1.57. The molecule has 0 unspecified atom stereocenters. The standard InChI is InChI=1S/C22H22N6O2/c29-21-7-6-20(27-11-3-10-24-27)25-28(21)15-16-8-12-26(13-9-16)22(30)18-14-23-19-5-2-1-4-17(18)19/h1-7,10-11,14,16,23H,8-9,12-13,15H2. The average Bonchev–Trinajstić information content (AvgIpc) is 3.46. The average molecular weight is 402 g/mol. The Kier molecular flexibility index (Phi) is 4.66. The summed E-state index contributed by atoms with van der Waals surface area (Å²) in [4.78, 5) is 30.3. The molecule has 8 heteroatoms. The Morgan fingerprint density at radius 2 is 1.93 bits per heavy atom. The lowest BCUT2D eigenvalue weighted by Crippen LogP contribution is -2.40. The van der Waals surface area contributed by atoms with Crippen molar-refractivity contribution in [1.82, 2.24) is 29.4 Å². The Morgan fingerprint density at radius 3 is 2.73 bits per heavy atom. The van der Waals surface area contributed by atoms with E-state index < -0.39 is 0 Å². The van der Waals surface area contributed by atoms with E-state index in [4.69, 9.17) is 0 Å². The Labute approximate surface area is 172 Å². The van der Waals surface area contributed by atoms with E-state index in [-0.39, 0.29) is 11.5 Å². The second kappa shape index (κ2) is 7.62. The highest BCUT2D eigenvalue weighted by Crippen LogP contribution is 2.24. The molecule has 8 nitrogen and oxygen atoms in total. The van der Waals surface area contributed by atoms with E-state index in [1.54, 1.807) is 29.3 Å². The van der Waals surface area contributed by atoms with Crippen LogP contribution in [0.3, 0.4) is 0 Å². The summed E-state index contributed by atoms with van der Waals surface area (Å²) < 4.78 is 3.15. The van der Waals surface area contributed by atoms with Crippen LogP contribution in [0.1, 0.15) is 23.2 Å². The monoisotopic (exact) mass is 402 g/mol. The predicted molar refractivity (Wildman–Crippen MR) is 113 cm³/mol. The maximum Gasteiger partial charge on any atom is 0.266 e. The quantitative estimate of drug-likeness (QED) is 0.568. The molecule has 0 aliphatic carbocycles. The summed E-state index contributed by atoms with van der Waals surface area (Å²) in [5.74, 6) is 0.975. The van der Waals surface area contributed by atoms with Crippen LogP contribution in [0.5, 0.6) is 0 Å². The minimum atomic E-state index is -0.122. The number of likely N-dealkylation sites (tertiary alicyclic amines) is 1. The molecule has 0 radical (unpaired) electrons. The number of carbonyl (C=O) groups is 1. The van der Waals surface area contributed by atoms with Crippen molar-refractivity contribution in [2.75, 3.05) is 13.1 Å². The Balaban J connectivity index is 1.26. The summed E-state index contributed by atoms with van der Waals surface area (Å²) in [6, 6.07) is 12.9. The maximum absolute atomic E-state index is 13.0. The number of fused-ring (bicyclic) bond motifs is 1. The van der Waals surface area contributed by atoms with Gasteiger partial charge in [0.15, 0.2) is 5.82 Å². The first-order valence-corrected chi connectivity index (χ1v) is 10.1. The fraction of sp³-hybridized carbons (Fsp3) is 0.273. The van der Waals surface area contributed by atoms with Crippen molar-refractivity contribution in [3.8, 4) is 5.82 Å². The number of piperidine rings is 1. The van der Waals surface area contributed by atoms with Crippen molar-refractivity contribution in [3.05, 3.63) is 77.0 Å². The van der Waals surface area contributed by atoms with Crippen LogP contribution in [0.4, 0.5) is 0 Å². The minimum Gasteiger partial charge on any atom is -0.360 e. The third-order valence-corrected chi connectivity index (χ3v) is 5.74. The van der Waals surface area contributed by atoms with E-state index in [1.165, 1.54) is 10.7 Å². The molecule has 5 rings (SSSR count). The number of hydrogen-bond donors (Lipinski definition) is 1. The summed E-state index contributed by atoms with van der Waals surface area (Å²) in [7, 11) is 0. The second-order valence-corrected chi connectivity index (χ2v) is 7.65. The van der Waals surface area contributed by atoms with Gasteiger partial charge in [-0.05, 0) is 37.0 Å². The van der Waals surface area contributed by atoms with Crippen LogP contribution < -0.4 is 5.56 Å². The summed E-state index contributed by atoms with van der Waals surface area (Å²) in [6.45, 7) is 1.90. The zero-order chi connectivity index (χ0) is 20.5. The van der Waals surface area contributed by atoms with Gasteiger partial charge in [0.25, 0.3) is 11.5 Å². The van der Waals surface area contributed by atoms with E-state index >= 15 is 0 Å². The molecule has 1 N–H and O–H groups in total. The van der Waals surface area contributed by atoms with E-state index in [0.29, 0.717) is 36.9 Å². The molecule has 0 spiro atoms. The molecule has 1 aliphatic rings. The van der Waals surface area contributed by atoms with E-state index in [2.05, 4.69) is 15.2 Å². The van der Waals surface area contributed by atoms with Crippen molar-refractivity contribution >= 4 is 16.8 Å². The number of nitrogens with one attached hydrogen (secondary N) is 1. The van der Waals surface area contributed by atoms with E-state index in [1.807, 2.05) is 35.2 Å². The van der Waals surface area contributed by atoms with Crippen LogP contribution in [0.2, 0.25) is 0 Å². The highest BCUT2D eigenvalue weighted by atomic mass is 16.2. The topological polar surface area (TPSA) is 88.8 Å². The molecule has 0 bridgehead atoms. The predicted octanol–water partition coefficient (Wildman–Crippen LogP) is 2.46. The van der Waals surface area contributed by atoms with Crippen LogP contribution in [0, 0.1) is 5.92 Å². The number of aromatic amines is 1. The van der Waals surface area contributed by atoms with Crippen LogP contribution in [-0.4, -0.2) is 48.4 Å². The molecule has 0 atom stereocenters. The molecule has 3 aromatic heterocycles. The fourth-order valence-corrected chi connectivity index (χ4v) is 4.08. The van der Waals surface area contributed by atoms with Crippen LogP contribution >= 0.6 is 0 Å². The molecule has 4 heterocycles. The molecule has 0 saturated carbocycles. The summed E-state index contributed by atoms with van der Waals surface area (Å²) >= 11 is 0. The Hall–Kier alpha value is -3.68. The first-order valence-electron chi connectivity index (χ1n) is 10.1. The zero-order valence-electron chi connectivity index (χ0n) is 16.4. The van der Waals surface area contributed by atoms with Crippen molar-refractivity contribution in [1.29, 1.82) is 0 Å². The Bertz CT molecular complexity index is 1230. The fourth-order valence-electron chi connectivity index (χ4n) is 4.08. The lowest BCUT2D eigenvalue weighted by atomic mass is 9.96. The van der Waals surface area contributed by atoms with Crippen molar-refractivity contribution in [2.45, 2.75) is 19.4 Å². The lowest BCUT2D eigenvalue weighted by Gasteiger charge is -2.32. The third kappa shape index (κ3) is 3.41. The van der Waals surface area contributed by atoms with E-state index in [9.17, 15) is 9.59 Å². The number of H-pyrrole nitrogens is 1. The first-order chi connectivity index (χ1) is 14.7. The number of rotatable bonds is 4. The third-order valence-electron chi connectivity index (χ3n) is 5.74. The van der Waals surface area contributed by atoms with Crippen LogP contribution in [-0.2, 0) is 6.54 Å². The van der Waals surface area contributed by atoms with Crippen molar-refractivity contribution < 1.29 is 4.79 Å². The van der Waals surface area contributed by atoms with Crippen LogP contribution in [0.15, 0.2) is 65.8 Å². The number of amides is 1. The molecule has 4 aromatic rings. The minimum absolute atomic E-state index is 0.0573. The number of hydrogen-bond acceptors (Lipinski definition) is 4. The number of benzene rings is 1. The highest BCUT2D eigenvalue weighted by Gasteiger charge is 2.25. The van der Waals surface area contributed by atoms with Gasteiger partial charge in [0.2, 0.25) is 0 Å². The first kappa shape index (κ1) is 18.4. The van der Waals surface area contributed by atoms with Crippen LogP contribution in [0.25, 0.3) is 16.7 Å².